The lowest BCUT2D eigenvalue weighted by Gasteiger charge is -2.09. The van der Waals surface area contributed by atoms with E-state index in [1.807, 2.05) is 6.07 Å². The molecule has 2 rings (SSSR count). The summed E-state index contributed by atoms with van der Waals surface area (Å²) in [7, 11) is 1.65. The van der Waals surface area contributed by atoms with E-state index < -0.39 is 0 Å². The summed E-state index contributed by atoms with van der Waals surface area (Å²) < 4.78 is 4.99. The third kappa shape index (κ3) is 5.04. The summed E-state index contributed by atoms with van der Waals surface area (Å²) in [6.45, 7) is 3.09. The van der Waals surface area contributed by atoms with Gasteiger partial charge in [0.2, 0.25) is 0 Å². The van der Waals surface area contributed by atoms with Gasteiger partial charge in [-0.15, -0.1) is 0 Å². The summed E-state index contributed by atoms with van der Waals surface area (Å²) in [4.78, 5) is 20.8. The van der Waals surface area contributed by atoms with Gasteiger partial charge in [-0.3, -0.25) is 4.79 Å². The number of hydrogen-bond acceptors (Lipinski definition) is 6. The standard InChI is InChI=1S/C17H19N5O2/c1-12-20-15(10-16(21-12)19-8-3-9-24-2)17(23)22-14-6-4-13(11-18)5-7-14/h4-7,10H,3,8-9H2,1-2H3,(H,22,23)(H,19,20,21). The summed E-state index contributed by atoms with van der Waals surface area (Å²) in [5.41, 5.74) is 1.42. The number of carbonyl (C=O) groups excluding carboxylic acids is 1. The number of amides is 1. The number of rotatable bonds is 7. The Morgan fingerprint density at radius 2 is 2.04 bits per heavy atom. The number of hydrogen-bond donors (Lipinski definition) is 2. The number of nitriles is 1. The molecular weight excluding hydrogens is 306 g/mol. The van der Waals surface area contributed by atoms with Crippen LogP contribution in [0.2, 0.25) is 0 Å². The van der Waals surface area contributed by atoms with Crippen molar-refractivity contribution in [2.75, 3.05) is 30.9 Å². The number of nitrogens with zero attached hydrogens (tertiary/aromatic N) is 3. The average molecular weight is 325 g/mol. The highest BCUT2D eigenvalue weighted by Crippen LogP contribution is 2.12. The summed E-state index contributed by atoms with van der Waals surface area (Å²) >= 11 is 0. The van der Waals surface area contributed by atoms with Crippen molar-refractivity contribution >= 4 is 17.4 Å². The SMILES string of the molecule is COCCCNc1cc(C(=O)Nc2ccc(C#N)cc2)nc(C)n1. The number of aryl methyl sites for hydroxylation is 1. The third-order valence-corrected chi connectivity index (χ3v) is 3.17. The van der Waals surface area contributed by atoms with E-state index in [1.165, 1.54) is 0 Å². The van der Waals surface area contributed by atoms with E-state index in [-0.39, 0.29) is 11.6 Å². The fourth-order valence-corrected chi connectivity index (χ4v) is 2.03. The number of anilines is 2. The van der Waals surface area contributed by atoms with Crippen molar-refractivity contribution in [2.45, 2.75) is 13.3 Å². The van der Waals surface area contributed by atoms with E-state index in [4.69, 9.17) is 10.00 Å². The van der Waals surface area contributed by atoms with Crippen molar-refractivity contribution in [3.05, 3.63) is 47.4 Å². The Hall–Kier alpha value is -2.98. The van der Waals surface area contributed by atoms with Crippen LogP contribution in [0.1, 0.15) is 28.3 Å². The van der Waals surface area contributed by atoms with Gasteiger partial charge in [-0.05, 0) is 37.6 Å². The van der Waals surface area contributed by atoms with Gasteiger partial charge in [0.1, 0.15) is 17.3 Å². The molecule has 0 saturated carbocycles. The molecule has 1 heterocycles. The quantitative estimate of drug-likeness (QED) is 0.758. The minimum absolute atomic E-state index is 0.279. The number of methoxy groups -OCH3 is 1. The van der Waals surface area contributed by atoms with Gasteiger partial charge in [0.15, 0.2) is 0 Å². The molecule has 1 aromatic carbocycles. The zero-order valence-electron chi connectivity index (χ0n) is 13.7. The predicted octanol–water partition coefficient (Wildman–Crippen LogP) is 2.36. The van der Waals surface area contributed by atoms with Gasteiger partial charge in [-0.2, -0.15) is 5.26 Å². The predicted molar refractivity (Wildman–Crippen MR) is 90.9 cm³/mol. The first kappa shape index (κ1) is 17.4. The van der Waals surface area contributed by atoms with Crippen LogP contribution < -0.4 is 10.6 Å². The second-order valence-electron chi connectivity index (χ2n) is 5.10. The number of benzene rings is 1. The fraction of sp³-hybridized carbons (Fsp3) is 0.294. The molecule has 7 heteroatoms. The van der Waals surface area contributed by atoms with Crippen LogP contribution in [0.3, 0.4) is 0 Å². The molecule has 0 radical (unpaired) electrons. The number of aromatic nitrogens is 2. The molecule has 0 fully saturated rings. The van der Waals surface area contributed by atoms with E-state index >= 15 is 0 Å². The van der Waals surface area contributed by atoms with Crippen LogP contribution in [0.15, 0.2) is 30.3 Å². The van der Waals surface area contributed by atoms with Gasteiger partial charge >= 0.3 is 0 Å². The van der Waals surface area contributed by atoms with Crippen LogP contribution in [0.25, 0.3) is 0 Å². The number of ether oxygens (including phenoxy) is 1. The maximum atomic E-state index is 12.3. The van der Waals surface area contributed by atoms with Gasteiger partial charge < -0.3 is 15.4 Å². The van der Waals surface area contributed by atoms with Crippen LogP contribution in [0.5, 0.6) is 0 Å². The fourth-order valence-electron chi connectivity index (χ4n) is 2.03. The maximum absolute atomic E-state index is 12.3. The van der Waals surface area contributed by atoms with Crippen LogP contribution in [0, 0.1) is 18.3 Å². The molecule has 1 aromatic heterocycles. The molecule has 0 aliphatic carbocycles. The van der Waals surface area contributed by atoms with Crippen molar-refractivity contribution in [3.63, 3.8) is 0 Å². The summed E-state index contributed by atoms with van der Waals surface area (Å²) in [5, 5.41) is 14.7. The second kappa shape index (κ2) is 8.60. The topological polar surface area (TPSA) is 99.9 Å². The molecule has 2 aromatic rings. The van der Waals surface area contributed by atoms with E-state index in [0.717, 1.165) is 6.42 Å². The molecule has 0 atom stereocenters. The highest BCUT2D eigenvalue weighted by atomic mass is 16.5. The molecule has 0 aliphatic heterocycles. The molecule has 2 N–H and O–H groups in total. The van der Waals surface area contributed by atoms with Gasteiger partial charge in [-0.1, -0.05) is 0 Å². The Balaban J connectivity index is 2.05. The van der Waals surface area contributed by atoms with Gasteiger partial charge in [0.25, 0.3) is 5.91 Å². The Morgan fingerprint density at radius 3 is 2.71 bits per heavy atom. The van der Waals surface area contributed by atoms with Crippen molar-refractivity contribution in [3.8, 4) is 6.07 Å². The van der Waals surface area contributed by atoms with E-state index in [0.29, 0.717) is 36.0 Å². The van der Waals surface area contributed by atoms with Crippen LogP contribution >= 0.6 is 0 Å². The highest BCUT2D eigenvalue weighted by Gasteiger charge is 2.11. The monoisotopic (exact) mass is 325 g/mol. The first-order valence-corrected chi connectivity index (χ1v) is 7.52. The Kier molecular flexibility index (Phi) is 6.23. The van der Waals surface area contributed by atoms with E-state index in [1.54, 1.807) is 44.4 Å². The smallest absolute Gasteiger partial charge is 0.274 e. The van der Waals surface area contributed by atoms with E-state index in [9.17, 15) is 4.79 Å². The molecular formula is C17H19N5O2. The normalized spacial score (nSPS) is 10.0. The first-order valence-electron chi connectivity index (χ1n) is 7.52. The molecule has 7 nitrogen and oxygen atoms in total. The lowest BCUT2D eigenvalue weighted by Crippen LogP contribution is -2.16. The van der Waals surface area contributed by atoms with Gasteiger partial charge in [0.05, 0.1) is 11.6 Å². The molecule has 124 valence electrons. The molecule has 1 amide bonds. The lowest BCUT2D eigenvalue weighted by atomic mass is 10.2. The van der Waals surface area contributed by atoms with Crippen LogP contribution in [-0.4, -0.2) is 36.1 Å². The zero-order chi connectivity index (χ0) is 17.4. The van der Waals surface area contributed by atoms with Gasteiger partial charge in [-0.25, -0.2) is 9.97 Å². The van der Waals surface area contributed by atoms with Crippen molar-refractivity contribution in [1.29, 1.82) is 5.26 Å². The highest BCUT2D eigenvalue weighted by molar-refractivity contribution is 6.03. The molecule has 0 saturated heterocycles. The lowest BCUT2D eigenvalue weighted by molar-refractivity contribution is 0.102. The molecule has 0 spiro atoms. The second-order valence-corrected chi connectivity index (χ2v) is 5.10. The Morgan fingerprint density at radius 1 is 1.29 bits per heavy atom. The zero-order valence-corrected chi connectivity index (χ0v) is 13.7. The third-order valence-electron chi connectivity index (χ3n) is 3.17. The maximum Gasteiger partial charge on any atom is 0.274 e. The average Bonchev–Trinajstić information content (AvgIpc) is 2.59. The van der Waals surface area contributed by atoms with Crippen molar-refractivity contribution in [2.24, 2.45) is 0 Å². The Labute approximate surface area is 140 Å². The van der Waals surface area contributed by atoms with Crippen LogP contribution in [0.4, 0.5) is 11.5 Å². The first-order chi connectivity index (χ1) is 11.6. The molecule has 0 unspecified atom stereocenters. The van der Waals surface area contributed by atoms with Gasteiger partial charge in [0, 0.05) is 32.0 Å². The summed E-state index contributed by atoms with van der Waals surface area (Å²) in [6.07, 6.45) is 0.840. The Bertz CT molecular complexity index is 738. The molecule has 24 heavy (non-hydrogen) atoms. The summed E-state index contributed by atoms with van der Waals surface area (Å²) in [6, 6.07) is 10.3. The van der Waals surface area contributed by atoms with Crippen molar-refractivity contribution < 1.29 is 9.53 Å². The van der Waals surface area contributed by atoms with Crippen molar-refractivity contribution in [1.82, 2.24) is 9.97 Å². The minimum Gasteiger partial charge on any atom is -0.385 e. The minimum atomic E-state index is -0.329. The van der Waals surface area contributed by atoms with Crippen LogP contribution in [-0.2, 0) is 4.74 Å². The number of carbonyl (C=O) groups is 1. The largest absolute Gasteiger partial charge is 0.385 e. The van der Waals surface area contributed by atoms with E-state index in [2.05, 4.69) is 20.6 Å². The molecule has 0 bridgehead atoms. The number of nitrogens with one attached hydrogen (secondary N) is 2. The summed E-state index contributed by atoms with van der Waals surface area (Å²) in [5.74, 6) is 0.783. The molecule has 0 aliphatic rings.